The van der Waals surface area contributed by atoms with Gasteiger partial charge in [-0.25, -0.2) is 8.42 Å². The number of halogens is 2. The van der Waals surface area contributed by atoms with Crippen molar-refractivity contribution in [1.82, 2.24) is 9.21 Å². The summed E-state index contributed by atoms with van der Waals surface area (Å²) < 4.78 is 27.1. The van der Waals surface area contributed by atoms with Crippen LogP contribution in [-0.4, -0.2) is 43.7 Å². The van der Waals surface area contributed by atoms with Crippen LogP contribution in [0.4, 0.5) is 0 Å². The van der Waals surface area contributed by atoms with E-state index in [0.717, 1.165) is 20.5 Å². The zero-order chi connectivity index (χ0) is 17.9. The monoisotopic (exact) mass is 426 g/mol. The highest BCUT2D eigenvalue weighted by Crippen LogP contribution is 2.27. The molecule has 1 amide bonds. The van der Waals surface area contributed by atoms with Gasteiger partial charge in [-0.3, -0.25) is 4.79 Å². The number of nitrogens with zero attached hydrogens (tertiary/aromatic N) is 2. The zero-order valence-electron chi connectivity index (χ0n) is 13.0. The van der Waals surface area contributed by atoms with Gasteiger partial charge in [0.2, 0.25) is 5.91 Å². The molecule has 0 radical (unpaired) electrons. The Morgan fingerprint density at radius 3 is 2.25 bits per heavy atom. The van der Waals surface area contributed by atoms with Crippen LogP contribution in [0.15, 0.2) is 28.5 Å². The number of hydrogen-bond donors (Lipinski definition) is 0. The molecule has 132 valence electrons. The van der Waals surface area contributed by atoms with E-state index >= 15 is 0 Å². The van der Waals surface area contributed by atoms with Crippen molar-refractivity contribution in [3.63, 3.8) is 0 Å². The van der Waals surface area contributed by atoms with E-state index in [2.05, 4.69) is 0 Å². The van der Waals surface area contributed by atoms with Gasteiger partial charge < -0.3 is 4.90 Å². The highest BCUT2D eigenvalue weighted by molar-refractivity contribution is 7.91. The number of hydrogen-bond acceptors (Lipinski definition) is 5. The van der Waals surface area contributed by atoms with Crippen LogP contribution in [0, 0.1) is 0 Å². The van der Waals surface area contributed by atoms with Crippen LogP contribution in [0.25, 0.3) is 0 Å². The first-order valence-electron chi connectivity index (χ1n) is 6.97. The fourth-order valence-electron chi connectivity index (χ4n) is 1.97. The van der Waals surface area contributed by atoms with Crippen LogP contribution in [0.5, 0.6) is 0 Å². The standard InChI is InChI=1S/C14H16Cl2N2O3S3/c1-3-18(8-10-4-5-11(15)22-10)13(19)9-17(2)24(20,21)14-7-6-12(16)23-14/h4-7H,3,8-9H2,1-2H3. The van der Waals surface area contributed by atoms with Gasteiger partial charge in [-0.1, -0.05) is 23.2 Å². The van der Waals surface area contributed by atoms with Crippen molar-refractivity contribution in [1.29, 1.82) is 0 Å². The first-order valence-corrected chi connectivity index (χ1v) is 10.8. The SMILES string of the molecule is CCN(Cc1ccc(Cl)s1)C(=O)CN(C)S(=O)(=O)c1ccc(Cl)s1. The van der Waals surface area contributed by atoms with Crippen LogP contribution in [-0.2, 0) is 21.4 Å². The summed E-state index contributed by atoms with van der Waals surface area (Å²) in [5, 5.41) is 0. The number of sulfonamides is 1. The molecule has 0 atom stereocenters. The minimum Gasteiger partial charge on any atom is -0.337 e. The fourth-order valence-corrected chi connectivity index (χ4v) is 5.88. The number of likely N-dealkylation sites (N-methyl/N-ethyl adjacent to an activating group) is 2. The Hall–Kier alpha value is -0.640. The summed E-state index contributed by atoms with van der Waals surface area (Å²) in [6, 6.07) is 6.59. The van der Waals surface area contributed by atoms with Gasteiger partial charge in [-0.2, -0.15) is 4.31 Å². The van der Waals surface area contributed by atoms with Crippen molar-refractivity contribution in [2.24, 2.45) is 0 Å². The van der Waals surface area contributed by atoms with Crippen molar-refractivity contribution in [2.45, 2.75) is 17.7 Å². The lowest BCUT2D eigenvalue weighted by atomic mass is 10.4. The van der Waals surface area contributed by atoms with E-state index in [1.54, 1.807) is 11.0 Å². The summed E-state index contributed by atoms with van der Waals surface area (Å²) in [7, 11) is -2.34. The molecule has 0 spiro atoms. The molecule has 10 heteroatoms. The molecule has 2 rings (SSSR count). The largest absolute Gasteiger partial charge is 0.337 e. The van der Waals surface area contributed by atoms with Crippen LogP contribution in [0.3, 0.4) is 0 Å². The second kappa shape index (κ2) is 8.16. The summed E-state index contributed by atoms with van der Waals surface area (Å²) in [5.41, 5.74) is 0. The minimum atomic E-state index is -3.72. The quantitative estimate of drug-likeness (QED) is 0.676. The van der Waals surface area contributed by atoms with Gasteiger partial charge in [0.15, 0.2) is 0 Å². The highest BCUT2D eigenvalue weighted by atomic mass is 35.5. The molecule has 0 fully saturated rings. The Balaban J connectivity index is 2.06. The summed E-state index contributed by atoms with van der Waals surface area (Å²) in [5.74, 6) is -0.268. The van der Waals surface area contributed by atoms with E-state index in [4.69, 9.17) is 23.2 Å². The molecule has 0 saturated heterocycles. The Morgan fingerprint density at radius 2 is 1.75 bits per heavy atom. The zero-order valence-corrected chi connectivity index (χ0v) is 17.0. The molecule has 2 aromatic heterocycles. The van der Waals surface area contributed by atoms with Crippen LogP contribution in [0.1, 0.15) is 11.8 Å². The lowest BCUT2D eigenvalue weighted by Crippen LogP contribution is -2.40. The molecule has 0 aromatic carbocycles. The number of rotatable bonds is 7. The maximum atomic E-state index is 12.4. The lowest BCUT2D eigenvalue weighted by molar-refractivity contribution is -0.131. The molecule has 2 heterocycles. The maximum absolute atomic E-state index is 12.4. The van der Waals surface area contributed by atoms with E-state index in [1.165, 1.54) is 30.5 Å². The molecular weight excluding hydrogens is 411 g/mol. The molecule has 0 bridgehead atoms. The van der Waals surface area contributed by atoms with Crippen molar-refractivity contribution < 1.29 is 13.2 Å². The first-order chi connectivity index (χ1) is 11.2. The van der Waals surface area contributed by atoms with Gasteiger partial charge in [-0.05, 0) is 31.2 Å². The van der Waals surface area contributed by atoms with E-state index in [0.29, 0.717) is 21.8 Å². The van der Waals surface area contributed by atoms with E-state index in [1.807, 2.05) is 13.0 Å². The Kier molecular flexibility index (Phi) is 6.69. The third-order valence-corrected chi connectivity index (χ3v) is 8.00. The lowest BCUT2D eigenvalue weighted by Gasteiger charge is -2.23. The van der Waals surface area contributed by atoms with E-state index < -0.39 is 10.0 Å². The van der Waals surface area contributed by atoms with Crippen molar-refractivity contribution in [3.05, 3.63) is 37.8 Å². The van der Waals surface area contributed by atoms with Gasteiger partial charge >= 0.3 is 0 Å². The third-order valence-electron chi connectivity index (χ3n) is 3.28. The topological polar surface area (TPSA) is 57.7 Å². The predicted octanol–water partition coefficient (Wildman–Crippen LogP) is 3.79. The van der Waals surface area contributed by atoms with Gasteiger partial charge in [0, 0.05) is 18.5 Å². The third kappa shape index (κ3) is 4.71. The average Bonchev–Trinajstić information content (AvgIpc) is 3.13. The minimum absolute atomic E-state index is 0.121. The predicted molar refractivity (Wildman–Crippen MR) is 99.6 cm³/mol. The molecule has 0 unspecified atom stereocenters. The Morgan fingerprint density at radius 1 is 1.12 bits per heavy atom. The van der Waals surface area contributed by atoms with Crippen molar-refractivity contribution in [3.8, 4) is 0 Å². The molecule has 0 N–H and O–H groups in total. The number of carbonyl (C=O) groups is 1. The van der Waals surface area contributed by atoms with Gasteiger partial charge in [-0.15, -0.1) is 22.7 Å². The molecule has 0 saturated carbocycles. The number of carbonyl (C=O) groups excluding carboxylic acids is 1. The van der Waals surface area contributed by atoms with Crippen molar-refractivity contribution >= 4 is 61.8 Å². The Bertz CT molecular complexity index is 817. The van der Waals surface area contributed by atoms with E-state index in [9.17, 15) is 13.2 Å². The molecule has 2 aromatic rings. The Labute approximate surface area is 159 Å². The van der Waals surface area contributed by atoms with Gasteiger partial charge in [0.25, 0.3) is 10.0 Å². The van der Waals surface area contributed by atoms with Crippen LogP contribution >= 0.6 is 45.9 Å². The first kappa shape index (κ1) is 19.7. The molecule has 5 nitrogen and oxygen atoms in total. The normalized spacial score (nSPS) is 11.9. The average molecular weight is 427 g/mol. The van der Waals surface area contributed by atoms with Crippen LogP contribution in [0.2, 0.25) is 8.67 Å². The smallest absolute Gasteiger partial charge is 0.252 e. The van der Waals surface area contributed by atoms with Crippen molar-refractivity contribution in [2.75, 3.05) is 20.1 Å². The summed E-state index contributed by atoms with van der Waals surface area (Å²) in [6.07, 6.45) is 0. The number of amides is 1. The molecule has 0 aliphatic heterocycles. The molecule has 24 heavy (non-hydrogen) atoms. The highest BCUT2D eigenvalue weighted by Gasteiger charge is 2.26. The van der Waals surface area contributed by atoms with Crippen LogP contribution < -0.4 is 0 Å². The van der Waals surface area contributed by atoms with Gasteiger partial charge in [0.1, 0.15) is 4.21 Å². The summed E-state index contributed by atoms with van der Waals surface area (Å²) in [4.78, 5) is 15.0. The second-order valence-corrected chi connectivity index (χ2v) is 10.7. The number of thiophene rings is 2. The molecular formula is C14H16Cl2N2O3S3. The van der Waals surface area contributed by atoms with Gasteiger partial charge in [0.05, 0.1) is 21.8 Å². The second-order valence-electron chi connectivity index (χ2n) is 4.93. The fraction of sp³-hybridized carbons (Fsp3) is 0.357. The summed E-state index contributed by atoms with van der Waals surface area (Å²) in [6.45, 7) is 2.50. The molecule has 0 aliphatic rings. The van der Waals surface area contributed by atoms with E-state index in [-0.39, 0.29) is 16.7 Å². The summed E-state index contributed by atoms with van der Waals surface area (Å²) >= 11 is 14.1. The maximum Gasteiger partial charge on any atom is 0.252 e. The molecule has 0 aliphatic carbocycles.